The molecule has 0 aliphatic carbocycles. The molecule has 0 atom stereocenters. The van der Waals surface area contributed by atoms with E-state index in [-0.39, 0.29) is 5.78 Å². The van der Waals surface area contributed by atoms with Gasteiger partial charge >= 0.3 is 0 Å². The molecule has 0 aliphatic heterocycles. The van der Waals surface area contributed by atoms with Crippen LogP contribution < -0.4 is 11.5 Å². The maximum absolute atomic E-state index is 12.1. The monoisotopic (exact) mass is 237 g/mol. The molecule has 2 aromatic carbocycles. The van der Waals surface area contributed by atoms with Gasteiger partial charge in [-0.25, -0.2) is 0 Å². The number of nitriles is 1. The van der Waals surface area contributed by atoms with Crippen molar-refractivity contribution in [2.75, 3.05) is 11.5 Å². The van der Waals surface area contributed by atoms with Crippen LogP contribution in [0.5, 0.6) is 0 Å². The van der Waals surface area contributed by atoms with Crippen LogP contribution in [0.2, 0.25) is 0 Å². The zero-order chi connectivity index (χ0) is 13.1. The number of rotatable bonds is 2. The van der Waals surface area contributed by atoms with Gasteiger partial charge in [0.05, 0.1) is 11.3 Å². The molecule has 0 heterocycles. The van der Waals surface area contributed by atoms with E-state index in [1.165, 1.54) is 6.07 Å². The lowest BCUT2D eigenvalue weighted by atomic mass is 10.0. The van der Waals surface area contributed by atoms with Crippen molar-refractivity contribution in [1.82, 2.24) is 0 Å². The van der Waals surface area contributed by atoms with Crippen LogP contribution in [0.15, 0.2) is 42.5 Å². The third-order valence-electron chi connectivity index (χ3n) is 2.61. The third-order valence-corrected chi connectivity index (χ3v) is 2.61. The Balaban J connectivity index is 2.38. The summed E-state index contributed by atoms with van der Waals surface area (Å²) in [6, 6.07) is 13.3. The Bertz CT molecular complexity index is 639. The molecule has 2 aromatic rings. The number of anilines is 2. The summed E-state index contributed by atoms with van der Waals surface area (Å²) in [6.07, 6.45) is 0. The van der Waals surface area contributed by atoms with Gasteiger partial charge in [-0.15, -0.1) is 0 Å². The Morgan fingerprint density at radius 2 is 1.61 bits per heavy atom. The smallest absolute Gasteiger partial charge is 0.193 e. The Morgan fingerprint density at radius 3 is 2.17 bits per heavy atom. The van der Waals surface area contributed by atoms with Crippen molar-refractivity contribution in [2.45, 2.75) is 0 Å². The first-order valence-corrected chi connectivity index (χ1v) is 5.31. The lowest BCUT2D eigenvalue weighted by Gasteiger charge is -2.04. The van der Waals surface area contributed by atoms with E-state index in [9.17, 15) is 4.79 Å². The van der Waals surface area contributed by atoms with Crippen molar-refractivity contribution in [3.8, 4) is 6.07 Å². The van der Waals surface area contributed by atoms with Crippen LogP contribution >= 0.6 is 0 Å². The van der Waals surface area contributed by atoms with Crippen molar-refractivity contribution < 1.29 is 4.79 Å². The van der Waals surface area contributed by atoms with Gasteiger partial charge in [0, 0.05) is 16.8 Å². The summed E-state index contributed by atoms with van der Waals surface area (Å²) in [5.41, 5.74) is 13.5. The van der Waals surface area contributed by atoms with Crippen LogP contribution in [0.3, 0.4) is 0 Å². The standard InChI is InChI=1S/C14H11N3O/c15-8-11-2-1-10(7-13(11)17)14(18)9-3-5-12(16)6-4-9/h1-7H,16-17H2. The fourth-order valence-corrected chi connectivity index (χ4v) is 1.61. The van der Waals surface area contributed by atoms with Gasteiger partial charge in [0.15, 0.2) is 5.78 Å². The van der Waals surface area contributed by atoms with Gasteiger partial charge in [-0.1, -0.05) is 0 Å². The summed E-state index contributed by atoms with van der Waals surface area (Å²) in [5, 5.41) is 8.77. The molecule has 0 amide bonds. The first kappa shape index (κ1) is 11.7. The fourth-order valence-electron chi connectivity index (χ4n) is 1.61. The number of ketones is 1. The molecular weight excluding hydrogens is 226 g/mol. The van der Waals surface area contributed by atoms with Crippen LogP contribution in [0.1, 0.15) is 21.5 Å². The predicted octanol–water partition coefficient (Wildman–Crippen LogP) is 1.95. The van der Waals surface area contributed by atoms with E-state index in [0.29, 0.717) is 28.1 Å². The van der Waals surface area contributed by atoms with Crippen LogP contribution in [-0.4, -0.2) is 5.78 Å². The number of carbonyl (C=O) groups excluding carboxylic acids is 1. The van der Waals surface area contributed by atoms with Gasteiger partial charge in [-0.05, 0) is 42.5 Å². The number of nitrogens with zero attached hydrogens (tertiary/aromatic N) is 1. The molecular formula is C14H11N3O. The lowest BCUT2D eigenvalue weighted by Crippen LogP contribution is -2.03. The van der Waals surface area contributed by atoms with Crippen molar-refractivity contribution in [1.29, 1.82) is 5.26 Å². The highest BCUT2D eigenvalue weighted by molar-refractivity contribution is 6.09. The zero-order valence-electron chi connectivity index (χ0n) is 9.55. The molecule has 4 N–H and O–H groups in total. The van der Waals surface area contributed by atoms with E-state index < -0.39 is 0 Å². The molecule has 0 spiro atoms. The topological polar surface area (TPSA) is 92.9 Å². The van der Waals surface area contributed by atoms with Gasteiger partial charge in [0.2, 0.25) is 0 Å². The molecule has 18 heavy (non-hydrogen) atoms. The summed E-state index contributed by atoms with van der Waals surface area (Å²) in [4.78, 5) is 12.1. The third kappa shape index (κ3) is 2.15. The normalized spacial score (nSPS) is 9.72. The van der Waals surface area contributed by atoms with Crippen molar-refractivity contribution in [2.24, 2.45) is 0 Å². The molecule has 2 rings (SSSR count). The molecule has 0 saturated heterocycles. The average molecular weight is 237 g/mol. The highest BCUT2D eigenvalue weighted by atomic mass is 16.1. The predicted molar refractivity (Wildman–Crippen MR) is 69.9 cm³/mol. The summed E-state index contributed by atoms with van der Waals surface area (Å²) in [7, 11) is 0. The van der Waals surface area contributed by atoms with Gasteiger partial charge in [-0.2, -0.15) is 5.26 Å². The van der Waals surface area contributed by atoms with Crippen molar-refractivity contribution in [3.05, 3.63) is 59.2 Å². The van der Waals surface area contributed by atoms with Crippen LogP contribution in [0, 0.1) is 11.3 Å². The quantitative estimate of drug-likeness (QED) is 0.616. The van der Waals surface area contributed by atoms with Gasteiger partial charge in [0.1, 0.15) is 6.07 Å². The second kappa shape index (κ2) is 4.60. The number of nitrogen functional groups attached to an aromatic ring is 2. The van der Waals surface area contributed by atoms with E-state index in [1.807, 2.05) is 6.07 Å². The number of hydrogen-bond acceptors (Lipinski definition) is 4. The molecule has 88 valence electrons. The summed E-state index contributed by atoms with van der Waals surface area (Å²) in [6.45, 7) is 0. The second-order valence-electron chi connectivity index (χ2n) is 3.86. The first-order valence-electron chi connectivity index (χ1n) is 5.31. The van der Waals surface area contributed by atoms with Gasteiger partial charge < -0.3 is 11.5 Å². The van der Waals surface area contributed by atoms with Crippen LogP contribution in [0.4, 0.5) is 11.4 Å². The Labute approximate surface area is 104 Å². The second-order valence-corrected chi connectivity index (χ2v) is 3.86. The molecule has 0 unspecified atom stereocenters. The maximum atomic E-state index is 12.1. The van der Waals surface area contributed by atoms with E-state index in [4.69, 9.17) is 16.7 Å². The Morgan fingerprint density at radius 1 is 1.00 bits per heavy atom. The Kier molecular flexibility index (Phi) is 2.98. The minimum Gasteiger partial charge on any atom is -0.399 e. The number of nitrogens with two attached hydrogens (primary N) is 2. The molecule has 0 radical (unpaired) electrons. The molecule has 4 nitrogen and oxygen atoms in total. The Hall–Kier alpha value is -2.80. The average Bonchev–Trinajstić information content (AvgIpc) is 2.38. The molecule has 4 heteroatoms. The largest absolute Gasteiger partial charge is 0.399 e. The fraction of sp³-hybridized carbons (Fsp3) is 0. The molecule has 0 aromatic heterocycles. The lowest BCUT2D eigenvalue weighted by molar-refractivity contribution is 0.103. The number of benzene rings is 2. The zero-order valence-corrected chi connectivity index (χ0v) is 9.55. The van der Waals surface area contributed by atoms with Gasteiger partial charge in [0.25, 0.3) is 0 Å². The van der Waals surface area contributed by atoms with Gasteiger partial charge in [-0.3, -0.25) is 4.79 Å². The highest BCUT2D eigenvalue weighted by Crippen LogP contribution is 2.17. The van der Waals surface area contributed by atoms with E-state index in [0.717, 1.165) is 0 Å². The SMILES string of the molecule is N#Cc1ccc(C(=O)c2ccc(N)cc2)cc1N. The molecule has 0 bridgehead atoms. The van der Waals surface area contributed by atoms with Crippen molar-refractivity contribution >= 4 is 17.2 Å². The minimum absolute atomic E-state index is 0.147. The van der Waals surface area contributed by atoms with E-state index in [2.05, 4.69) is 0 Å². The highest BCUT2D eigenvalue weighted by Gasteiger charge is 2.10. The van der Waals surface area contributed by atoms with Crippen LogP contribution in [-0.2, 0) is 0 Å². The summed E-state index contributed by atoms with van der Waals surface area (Å²) < 4.78 is 0. The molecule has 0 aliphatic rings. The van der Waals surface area contributed by atoms with Crippen molar-refractivity contribution in [3.63, 3.8) is 0 Å². The molecule has 0 fully saturated rings. The van der Waals surface area contributed by atoms with E-state index >= 15 is 0 Å². The van der Waals surface area contributed by atoms with Crippen LogP contribution in [0.25, 0.3) is 0 Å². The number of hydrogen-bond donors (Lipinski definition) is 2. The van der Waals surface area contributed by atoms with E-state index in [1.54, 1.807) is 36.4 Å². The first-order chi connectivity index (χ1) is 8.61. The number of carbonyl (C=O) groups is 1. The summed E-state index contributed by atoms with van der Waals surface area (Å²) in [5.74, 6) is -0.147. The minimum atomic E-state index is -0.147. The summed E-state index contributed by atoms with van der Waals surface area (Å²) >= 11 is 0. The molecule has 0 saturated carbocycles. The maximum Gasteiger partial charge on any atom is 0.193 e.